The lowest BCUT2D eigenvalue weighted by atomic mass is 9.92. The van der Waals surface area contributed by atoms with Gasteiger partial charge >= 0.3 is 0 Å². The van der Waals surface area contributed by atoms with E-state index in [1.54, 1.807) is 30.3 Å². The molecule has 3 rings (SSSR count). The Bertz CT molecular complexity index is 1040. The van der Waals surface area contributed by atoms with Crippen LogP contribution in [-0.4, -0.2) is 44.9 Å². The Morgan fingerprint density at radius 2 is 1.53 bits per heavy atom. The van der Waals surface area contributed by atoms with Crippen LogP contribution in [-0.2, 0) is 19.6 Å². The van der Waals surface area contributed by atoms with E-state index in [4.69, 9.17) is 4.74 Å². The zero-order chi connectivity index (χ0) is 23.3. The average molecular weight is 457 g/mol. The van der Waals surface area contributed by atoms with Crippen LogP contribution < -0.4 is 5.32 Å². The summed E-state index contributed by atoms with van der Waals surface area (Å²) in [5.41, 5.74) is 3.84. The van der Waals surface area contributed by atoms with E-state index in [0.717, 1.165) is 22.4 Å². The second kappa shape index (κ2) is 10.4. The highest BCUT2D eigenvalue weighted by atomic mass is 32.2. The predicted molar refractivity (Wildman–Crippen MR) is 128 cm³/mol. The van der Waals surface area contributed by atoms with Gasteiger partial charge < -0.3 is 10.1 Å². The third-order valence-corrected chi connectivity index (χ3v) is 7.45. The SMILES string of the molecule is CC(C)c1cccc(C(C)C)c1NC(=O)/C=C/c1ccc(S(=O)(=O)N2CCOCC2)cc1. The number of carbonyl (C=O) groups excluding carboxylic acids is 1. The molecular formula is C25H32N2O4S. The Morgan fingerprint density at radius 1 is 0.969 bits per heavy atom. The van der Waals surface area contributed by atoms with E-state index < -0.39 is 10.0 Å². The molecule has 0 bridgehead atoms. The maximum Gasteiger partial charge on any atom is 0.248 e. The van der Waals surface area contributed by atoms with Crippen molar-refractivity contribution in [2.45, 2.75) is 44.4 Å². The van der Waals surface area contributed by atoms with Gasteiger partial charge in [-0.3, -0.25) is 4.79 Å². The number of nitrogens with one attached hydrogen (secondary N) is 1. The van der Waals surface area contributed by atoms with Crippen molar-refractivity contribution in [1.82, 2.24) is 4.31 Å². The molecule has 1 N–H and O–H groups in total. The van der Waals surface area contributed by atoms with Crippen molar-refractivity contribution in [3.63, 3.8) is 0 Å². The molecule has 0 unspecified atom stereocenters. The summed E-state index contributed by atoms with van der Waals surface area (Å²) >= 11 is 0. The number of hydrogen-bond acceptors (Lipinski definition) is 4. The number of amides is 1. The fraction of sp³-hybridized carbons (Fsp3) is 0.400. The van der Waals surface area contributed by atoms with Gasteiger partial charge in [0.2, 0.25) is 15.9 Å². The van der Waals surface area contributed by atoms with Gasteiger partial charge in [0.25, 0.3) is 0 Å². The standard InChI is InChI=1S/C25H32N2O4S/c1-18(2)22-6-5-7-23(19(3)4)25(22)26-24(28)13-10-20-8-11-21(12-9-20)32(29,30)27-14-16-31-17-15-27/h5-13,18-19H,14-17H2,1-4H3,(H,26,28)/b13-10+. The van der Waals surface area contributed by atoms with Crippen molar-refractivity contribution in [2.24, 2.45) is 0 Å². The van der Waals surface area contributed by atoms with Gasteiger partial charge in [0.15, 0.2) is 0 Å². The highest BCUT2D eigenvalue weighted by molar-refractivity contribution is 7.89. The molecule has 1 saturated heterocycles. The van der Waals surface area contributed by atoms with E-state index in [0.29, 0.717) is 26.3 Å². The molecule has 7 heteroatoms. The molecule has 1 aliphatic heterocycles. The highest BCUT2D eigenvalue weighted by Crippen LogP contribution is 2.32. The van der Waals surface area contributed by atoms with Crippen molar-refractivity contribution in [1.29, 1.82) is 0 Å². The van der Waals surface area contributed by atoms with Crippen LogP contribution in [0.1, 0.15) is 56.2 Å². The zero-order valence-electron chi connectivity index (χ0n) is 19.2. The summed E-state index contributed by atoms with van der Waals surface area (Å²) in [7, 11) is -3.53. The number of ether oxygens (including phenoxy) is 1. The third kappa shape index (κ3) is 5.65. The summed E-state index contributed by atoms with van der Waals surface area (Å²) in [4.78, 5) is 12.9. The van der Waals surface area contributed by atoms with Gasteiger partial charge in [-0.2, -0.15) is 4.31 Å². The fourth-order valence-corrected chi connectivity index (χ4v) is 5.13. The number of para-hydroxylation sites is 1. The van der Waals surface area contributed by atoms with E-state index in [9.17, 15) is 13.2 Å². The first-order valence-corrected chi connectivity index (χ1v) is 12.4. The van der Waals surface area contributed by atoms with E-state index in [-0.39, 0.29) is 22.6 Å². The van der Waals surface area contributed by atoms with Crippen molar-refractivity contribution in [2.75, 3.05) is 31.6 Å². The summed E-state index contributed by atoms with van der Waals surface area (Å²) in [6.45, 7) is 9.98. The van der Waals surface area contributed by atoms with E-state index in [1.807, 2.05) is 18.2 Å². The minimum absolute atomic E-state index is 0.218. The summed E-state index contributed by atoms with van der Waals surface area (Å²) in [5.74, 6) is 0.355. The molecule has 6 nitrogen and oxygen atoms in total. The van der Waals surface area contributed by atoms with Gasteiger partial charge in [-0.15, -0.1) is 0 Å². The molecule has 1 amide bonds. The summed E-state index contributed by atoms with van der Waals surface area (Å²) < 4.78 is 32.1. The smallest absolute Gasteiger partial charge is 0.248 e. The van der Waals surface area contributed by atoms with E-state index in [1.165, 1.54) is 10.4 Å². The number of anilines is 1. The number of hydrogen-bond donors (Lipinski definition) is 1. The van der Waals surface area contributed by atoms with Gasteiger partial charge in [-0.25, -0.2) is 8.42 Å². The largest absolute Gasteiger partial charge is 0.379 e. The zero-order valence-corrected chi connectivity index (χ0v) is 20.0. The quantitative estimate of drug-likeness (QED) is 0.618. The first-order chi connectivity index (χ1) is 15.2. The molecule has 1 fully saturated rings. The molecule has 1 aliphatic rings. The van der Waals surface area contributed by atoms with Crippen LogP contribution in [0.5, 0.6) is 0 Å². The molecule has 32 heavy (non-hydrogen) atoms. The van der Waals surface area contributed by atoms with Crippen LogP contribution in [0.3, 0.4) is 0 Å². The minimum Gasteiger partial charge on any atom is -0.379 e. The molecule has 0 spiro atoms. The Balaban J connectivity index is 1.73. The van der Waals surface area contributed by atoms with Crippen LogP contribution in [0.2, 0.25) is 0 Å². The molecule has 0 saturated carbocycles. The van der Waals surface area contributed by atoms with Crippen molar-refractivity contribution in [3.05, 3.63) is 65.2 Å². The second-order valence-corrected chi connectivity index (χ2v) is 10.5. The van der Waals surface area contributed by atoms with Gasteiger partial charge in [0.05, 0.1) is 18.1 Å². The van der Waals surface area contributed by atoms with Gasteiger partial charge in [-0.1, -0.05) is 58.0 Å². The Labute approximate surface area is 191 Å². The number of sulfonamides is 1. The monoisotopic (exact) mass is 456 g/mol. The number of benzene rings is 2. The fourth-order valence-electron chi connectivity index (χ4n) is 3.72. The molecule has 2 aromatic rings. The molecule has 1 heterocycles. The Hall–Kier alpha value is -2.48. The molecule has 0 aliphatic carbocycles. The number of nitrogens with zero attached hydrogens (tertiary/aromatic N) is 1. The second-order valence-electron chi connectivity index (χ2n) is 8.53. The van der Waals surface area contributed by atoms with Crippen LogP contribution in [0, 0.1) is 0 Å². The molecule has 0 radical (unpaired) electrons. The summed E-state index contributed by atoms with van der Waals surface area (Å²) in [6, 6.07) is 12.7. The summed E-state index contributed by atoms with van der Waals surface area (Å²) in [6.07, 6.45) is 3.17. The van der Waals surface area contributed by atoms with Crippen molar-refractivity contribution >= 4 is 27.7 Å². The minimum atomic E-state index is -3.53. The highest BCUT2D eigenvalue weighted by Gasteiger charge is 2.26. The van der Waals surface area contributed by atoms with Crippen LogP contribution >= 0.6 is 0 Å². The summed E-state index contributed by atoms with van der Waals surface area (Å²) in [5, 5.41) is 3.05. The van der Waals surface area contributed by atoms with Gasteiger partial charge in [0.1, 0.15) is 0 Å². The normalized spacial score (nSPS) is 15.6. The Kier molecular flexibility index (Phi) is 7.87. The van der Waals surface area contributed by atoms with Crippen LogP contribution in [0.4, 0.5) is 5.69 Å². The topological polar surface area (TPSA) is 75.7 Å². The van der Waals surface area contributed by atoms with Crippen LogP contribution in [0.25, 0.3) is 6.08 Å². The maximum absolute atomic E-state index is 12.7. The third-order valence-electron chi connectivity index (χ3n) is 5.54. The first-order valence-electron chi connectivity index (χ1n) is 11.0. The number of carbonyl (C=O) groups is 1. The Morgan fingerprint density at radius 3 is 2.06 bits per heavy atom. The van der Waals surface area contributed by atoms with Crippen LogP contribution in [0.15, 0.2) is 53.4 Å². The van der Waals surface area contributed by atoms with Gasteiger partial charge in [-0.05, 0) is 46.7 Å². The van der Waals surface area contributed by atoms with Crippen molar-refractivity contribution < 1.29 is 17.9 Å². The van der Waals surface area contributed by atoms with E-state index >= 15 is 0 Å². The lowest BCUT2D eigenvalue weighted by molar-refractivity contribution is -0.111. The predicted octanol–water partition coefficient (Wildman–Crippen LogP) is 4.61. The van der Waals surface area contributed by atoms with E-state index in [2.05, 4.69) is 33.0 Å². The average Bonchev–Trinajstić information content (AvgIpc) is 2.78. The number of morpholine rings is 1. The van der Waals surface area contributed by atoms with Crippen molar-refractivity contribution in [3.8, 4) is 0 Å². The molecular weight excluding hydrogens is 424 g/mol. The molecule has 0 aromatic heterocycles. The van der Waals surface area contributed by atoms with Gasteiger partial charge in [0, 0.05) is 24.9 Å². The number of rotatable bonds is 7. The molecule has 172 valence electrons. The lowest BCUT2D eigenvalue weighted by Gasteiger charge is -2.26. The maximum atomic E-state index is 12.7. The first kappa shape index (κ1) is 24.2. The lowest BCUT2D eigenvalue weighted by Crippen LogP contribution is -2.40. The molecule has 2 aromatic carbocycles. The molecule has 0 atom stereocenters.